The Hall–Kier alpha value is -2.04. The molecular weight excluding hydrogens is 304 g/mol. The maximum absolute atomic E-state index is 12.7. The van der Waals surface area contributed by atoms with Crippen LogP contribution < -0.4 is 0 Å². The van der Waals surface area contributed by atoms with Gasteiger partial charge in [-0.25, -0.2) is 0 Å². The van der Waals surface area contributed by atoms with Crippen molar-refractivity contribution < 1.29 is 14.7 Å². The lowest BCUT2D eigenvalue weighted by molar-refractivity contribution is -0.142. The number of likely N-dealkylation sites (tertiary alicyclic amines) is 1. The van der Waals surface area contributed by atoms with Crippen LogP contribution in [0.4, 0.5) is 0 Å². The molecule has 0 spiro atoms. The Morgan fingerprint density at radius 2 is 2.17 bits per heavy atom. The van der Waals surface area contributed by atoms with Crippen LogP contribution in [0.15, 0.2) is 24.3 Å². The number of hydrogen-bond donors (Lipinski definition) is 1. The second kappa shape index (κ2) is 8.18. The van der Waals surface area contributed by atoms with E-state index in [1.54, 1.807) is 30.1 Å². The van der Waals surface area contributed by atoms with Gasteiger partial charge in [0.1, 0.15) is 5.75 Å². The van der Waals surface area contributed by atoms with Crippen molar-refractivity contribution in [3.8, 4) is 5.75 Å². The third-order valence-corrected chi connectivity index (χ3v) is 4.82. The van der Waals surface area contributed by atoms with Gasteiger partial charge in [0, 0.05) is 32.6 Å². The SMILES string of the molecule is CC[C@@H](C)C(=O)N1CCC[C@@H](C(=O)N(C)Cc2cccc(O)c2)C1. The number of rotatable bonds is 5. The molecule has 5 heteroatoms. The quantitative estimate of drug-likeness (QED) is 0.902. The zero-order chi connectivity index (χ0) is 17.7. The molecule has 5 nitrogen and oxygen atoms in total. The molecule has 1 heterocycles. The lowest BCUT2D eigenvalue weighted by Crippen LogP contribution is -2.47. The molecule has 0 aromatic heterocycles. The number of piperidine rings is 1. The second-order valence-corrected chi connectivity index (χ2v) is 6.80. The number of hydrogen-bond acceptors (Lipinski definition) is 3. The summed E-state index contributed by atoms with van der Waals surface area (Å²) in [6.45, 7) is 5.69. The van der Waals surface area contributed by atoms with Crippen molar-refractivity contribution >= 4 is 11.8 Å². The summed E-state index contributed by atoms with van der Waals surface area (Å²) >= 11 is 0. The Bertz CT molecular complexity index is 588. The largest absolute Gasteiger partial charge is 0.508 e. The molecule has 0 bridgehead atoms. The maximum atomic E-state index is 12.7. The lowest BCUT2D eigenvalue weighted by atomic mass is 9.95. The molecular formula is C19H28N2O3. The standard InChI is InChI=1S/C19H28N2O3/c1-4-14(2)18(23)21-10-6-8-16(13-21)19(24)20(3)12-15-7-5-9-17(22)11-15/h5,7,9,11,14,16,22H,4,6,8,10,12-13H2,1-3H3/t14-,16-/m1/s1. The van der Waals surface area contributed by atoms with E-state index in [1.165, 1.54) is 0 Å². The summed E-state index contributed by atoms with van der Waals surface area (Å²) in [5.74, 6) is 0.319. The highest BCUT2D eigenvalue weighted by Gasteiger charge is 2.31. The van der Waals surface area contributed by atoms with E-state index in [2.05, 4.69) is 0 Å². The fraction of sp³-hybridized carbons (Fsp3) is 0.579. The molecule has 0 radical (unpaired) electrons. The molecule has 1 aliphatic heterocycles. The number of phenolic OH excluding ortho intramolecular Hbond substituents is 1. The average Bonchev–Trinajstić information content (AvgIpc) is 2.59. The highest BCUT2D eigenvalue weighted by atomic mass is 16.3. The van der Waals surface area contributed by atoms with E-state index in [0.717, 1.165) is 31.4 Å². The number of carbonyl (C=O) groups is 2. The Labute approximate surface area is 144 Å². The Kier molecular flexibility index (Phi) is 6.23. The van der Waals surface area contributed by atoms with Crippen LogP contribution in [-0.4, -0.2) is 46.9 Å². The van der Waals surface area contributed by atoms with Crippen molar-refractivity contribution in [3.05, 3.63) is 29.8 Å². The highest BCUT2D eigenvalue weighted by Crippen LogP contribution is 2.22. The number of aromatic hydroxyl groups is 1. The van der Waals surface area contributed by atoms with Crippen LogP contribution in [0.3, 0.4) is 0 Å². The van der Waals surface area contributed by atoms with Crippen LogP contribution in [0.2, 0.25) is 0 Å². The fourth-order valence-corrected chi connectivity index (χ4v) is 3.18. The van der Waals surface area contributed by atoms with Crippen LogP contribution in [0.5, 0.6) is 5.75 Å². The molecule has 1 N–H and O–H groups in total. The Morgan fingerprint density at radius 1 is 1.42 bits per heavy atom. The van der Waals surface area contributed by atoms with E-state index in [1.807, 2.05) is 24.8 Å². The summed E-state index contributed by atoms with van der Waals surface area (Å²) in [7, 11) is 1.78. The Morgan fingerprint density at radius 3 is 2.83 bits per heavy atom. The van der Waals surface area contributed by atoms with Gasteiger partial charge in [-0.2, -0.15) is 0 Å². The van der Waals surface area contributed by atoms with E-state index < -0.39 is 0 Å². The van der Waals surface area contributed by atoms with Gasteiger partial charge in [-0.3, -0.25) is 9.59 Å². The minimum atomic E-state index is -0.130. The predicted octanol–water partition coefficient (Wildman–Crippen LogP) is 2.64. The predicted molar refractivity (Wildman–Crippen MR) is 93.3 cm³/mol. The highest BCUT2D eigenvalue weighted by molar-refractivity contribution is 5.82. The number of nitrogens with zero attached hydrogens (tertiary/aromatic N) is 2. The molecule has 0 unspecified atom stereocenters. The maximum Gasteiger partial charge on any atom is 0.227 e. The smallest absolute Gasteiger partial charge is 0.227 e. The van der Waals surface area contributed by atoms with Crippen LogP contribution in [0.25, 0.3) is 0 Å². The van der Waals surface area contributed by atoms with Crippen molar-refractivity contribution in [1.82, 2.24) is 9.80 Å². The van der Waals surface area contributed by atoms with Gasteiger partial charge < -0.3 is 14.9 Å². The molecule has 1 aliphatic rings. The summed E-state index contributed by atoms with van der Waals surface area (Å²) in [5.41, 5.74) is 0.897. The van der Waals surface area contributed by atoms with Crippen molar-refractivity contribution in [2.24, 2.45) is 11.8 Å². The first kappa shape index (κ1) is 18.3. The summed E-state index contributed by atoms with van der Waals surface area (Å²) < 4.78 is 0. The molecule has 1 fully saturated rings. The van der Waals surface area contributed by atoms with Gasteiger partial charge >= 0.3 is 0 Å². The van der Waals surface area contributed by atoms with Gasteiger partial charge in [0.2, 0.25) is 11.8 Å². The summed E-state index contributed by atoms with van der Waals surface area (Å²) in [6, 6.07) is 6.95. The first-order valence-corrected chi connectivity index (χ1v) is 8.74. The van der Waals surface area contributed by atoms with Crippen LogP contribution in [-0.2, 0) is 16.1 Å². The van der Waals surface area contributed by atoms with Crippen LogP contribution in [0.1, 0.15) is 38.7 Å². The molecule has 2 rings (SSSR count). The molecule has 2 amide bonds. The average molecular weight is 332 g/mol. The molecule has 0 aliphatic carbocycles. The zero-order valence-corrected chi connectivity index (χ0v) is 14.9. The minimum absolute atomic E-state index is 0.0175. The summed E-state index contributed by atoms with van der Waals surface area (Å²) in [4.78, 5) is 28.6. The fourth-order valence-electron chi connectivity index (χ4n) is 3.18. The van der Waals surface area contributed by atoms with Crippen LogP contribution in [0, 0.1) is 11.8 Å². The van der Waals surface area contributed by atoms with Crippen molar-refractivity contribution in [2.45, 2.75) is 39.7 Å². The van der Waals surface area contributed by atoms with Crippen molar-refractivity contribution in [3.63, 3.8) is 0 Å². The van der Waals surface area contributed by atoms with E-state index in [9.17, 15) is 14.7 Å². The summed E-state index contributed by atoms with van der Waals surface area (Å²) in [5, 5.41) is 9.54. The molecule has 1 aromatic rings. The van der Waals surface area contributed by atoms with Gasteiger partial charge in [-0.15, -0.1) is 0 Å². The zero-order valence-electron chi connectivity index (χ0n) is 14.9. The molecule has 1 saturated heterocycles. The van der Waals surface area contributed by atoms with Gasteiger partial charge in [-0.05, 0) is 37.0 Å². The summed E-state index contributed by atoms with van der Waals surface area (Å²) in [6.07, 6.45) is 2.53. The number of phenols is 1. The molecule has 1 aromatic carbocycles. The molecule has 132 valence electrons. The topological polar surface area (TPSA) is 60.9 Å². The number of benzene rings is 1. The number of amides is 2. The molecule has 2 atom stereocenters. The lowest BCUT2D eigenvalue weighted by Gasteiger charge is -2.35. The molecule has 0 saturated carbocycles. The van der Waals surface area contributed by atoms with Crippen LogP contribution >= 0.6 is 0 Å². The van der Waals surface area contributed by atoms with Gasteiger partial charge in [-0.1, -0.05) is 26.0 Å². The molecule has 24 heavy (non-hydrogen) atoms. The van der Waals surface area contributed by atoms with E-state index in [4.69, 9.17) is 0 Å². The van der Waals surface area contributed by atoms with Gasteiger partial charge in [0.25, 0.3) is 0 Å². The van der Waals surface area contributed by atoms with Crippen molar-refractivity contribution in [1.29, 1.82) is 0 Å². The van der Waals surface area contributed by atoms with E-state index in [0.29, 0.717) is 13.1 Å². The Balaban J connectivity index is 1.96. The number of carbonyl (C=O) groups excluding carboxylic acids is 2. The third-order valence-electron chi connectivity index (χ3n) is 4.82. The van der Waals surface area contributed by atoms with Gasteiger partial charge in [0.15, 0.2) is 0 Å². The third kappa shape index (κ3) is 4.49. The minimum Gasteiger partial charge on any atom is -0.508 e. The van der Waals surface area contributed by atoms with E-state index >= 15 is 0 Å². The normalized spacial score (nSPS) is 19.0. The second-order valence-electron chi connectivity index (χ2n) is 6.80. The van der Waals surface area contributed by atoms with E-state index in [-0.39, 0.29) is 29.4 Å². The monoisotopic (exact) mass is 332 g/mol. The van der Waals surface area contributed by atoms with Crippen molar-refractivity contribution in [2.75, 3.05) is 20.1 Å². The first-order valence-electron chi connectivity index (χ1n) is 8.74. The van der Waals surface area contributed by atoms with Gasteiger partial charge in [0.05, 0.1) is 5.92 Å². The first-order chi connectivity index (χ1) is 11.4.